The van der Waals surface area contributed by atoms with E-state index in [-0.39, 0.29) is 17.9 Å². The van der Waals surface area contributed by atoms with Crippen LogP contribution < -0.4 is 19.5 Å². The molecule has 1 saturated heterocycles. The van der Waals surface area contributed by atoms with Gasteiger partial charge < -0.3 is 24.4 Å². The fraction of sp³-hybridized carbons (Fsp3) is 0.412. The molecule has 2 aliphatic rings. The lowest BCUT2D eigenvalue weighted by atomic mass is 9.78. The minimum Gasteiger partial charge on any atom is -0.493 e. The number of piperidine rings is 1. The topological polar surface area (TPSA) is 80.3 Å². The Morgan fingerprint density at radius 3 is 2.17 bits per heavy atom. The van der Waals surface area contributed by atoms with E-state index in [1.807, 2.05) is 54.3 Å². The van der Waals surface area contributed by atoms with Gasteiger partial charge >= 0.3 is 0 Å². The third-order valence-corrected chi connectivity index (χ3v) is 8.40. The molecule has 2 heterocycles. The SMILES string of the molecule is CCCN1C(=O)c2ccccc2[C@H](C(=O)NC2CCN(Cc3ccccc3)CC2)[C@H]1c1cc(OC)c(OC)c(OC)c1. The molecule has 8 heteroatoms. The number of fused-ring (bicyclic) bond motifs is 1. The second-order valence-electron chi connectivity index (χ2n) is 11.0. The molecule has 0 saturated carbocycles. The summed E-state index contributed by atoms with van der Waals surface area (Å²) in [4.78, 5) is 32.5. The molecular weight excluding hydrogens is 530 g/mol. The molecule has 0 radical (unpaired) electrons. The van der Waals surface area contributed by atoms with Crippen molar-refractivity contribution in [3.05, 3.63) is 89.0 Å². The first-order chi connectivity index (χ1) is 20.5. The first kappa shape index (κ1) is 29.5. The number of ether oxygens (including phenoxy) is 3. The van der Waals surface area contributed by atoms with Crippen molar-refractivity contribution in [2.45, 2.75) is 50.7 Å². The summed E-state index contributed by atoms with van der Waals surface area (Å²) in [5.41, 5.74) is 3.38. The second-order valence-corrected chi connectivity index (χ2v) is 11.0. The van der Waals surface area contributed by atoms with Crippen LogP contribution in [0.3, 0.4) is 0 Å². The number of rotatable bonds is 10. The van der Waals surface area contributed by atoms with Crippen molar-refractivity contribution < 1.29 is 23.8 Å². The van der Waals surface area contributed by atoms with Crippen LogP contribution in [0.1, 0.15) is 65.2 Å². The molecule has 5 rings (SSSR count). The minimum atomic E-state index is -0.601. The zero-order valence-corrected chi connectivity index (χ0v) is 25.0. The molecule has 2 amide bonds. The van der Waals surface area contributed by atoms with Gasteiger partial charge in [-0.3, -0.25) is 14.5 Å². The van der Waals surface area contributed by atoms with E-state index in [2.05, 4.69) is 34.5 Å². The number of hydrogen-bond donors (Lipinski definition) is 1. The molecule has 1 fully saturated rings. The molecule has 2 atom stereocenters. The zero-order valence-electron chi connectivity index (χ0n) is 25.0. The van der Waals surface area contributed by atoms with E-state index < -0.39 is 12.0 Å². The predicted molar refractivity (Wildman–Crippen MR) is 162 cm³/mol. The van der Waals surface area contributed by atoms with Gasteiger partial charge in [0.2, 0.25) is 11.7 Å². The van der Waals surface area contributed by atoms with Crippen molar-refractivity contribution in [1.82, 2.24) is 15.1 Å². The molecule has 3 aromatic carbocycles. The molecule has 0 unspecified atom stereocenters. The maximum absolute atomic E-state index is 14.3. The largest absolute Gasteiger partial charge is 0.493 e. The molecule has 0 bridgehead atoms. The molecule has 0 aromatic heterocycles. The number of benzene rings is 3. The maximum atomic E-state index is 14.3. The van der Waals surface area contributed by atoms with Crippen molar-refractivity contribution in [2.24, 2.45) is 0 Å². The summed E-state index contributed by atoms with van der Waals surface area (Å²) < 4.78 is 16.9. The van der Waals surface area contributed by atoms with E-state index in [1.165, 1.54) is 5.56 Å². The van der Waals surface area contributed by atoms with E-state index in [1.54, 1.807) is 21.3 Å². The van der Waals surface area contributed by atoms with Crippen LogP contribution in [0.5, 0.6) is 17.2 Å². The number of carbonyl (C=O) groups excluding carboxylic acids is 2. The highest BCUT2D eigenvalue weighted by atomic mass is 16.5. The molecule has 222 valence electrons. The van der Waals surface area contributed by atoms with Crippen LogP contribution in [0.2, 0.25) is 0 Å². The van der Waals surface area contributed by atoms with E-state index in [9.17, 15) is 9.59 Å². The number of amides is 2. The van der Waals surface area contributed by atoms with Crippen LogP contribution >= 0.6 is 0 Å². The Labute approximate surface area is 248 Å². The predicted octanol–water partition coefficient (Wildman–Crippen LogP) is 5.18. The number of nitrogens with zero attached hydrogens (tertiary/aromatic N) is 2. The van der Waals surface area contributed by atoms with Crippen molar-refractivity contribution in [2.75, 3.05) is 41.0 Å². The quantitative estimate of drug-likeness (QED) is 0.361. The Balaban J connectivity index is 1.46. The van der Waals surface area contributed by atoms with Gasteiger partial charge in [0.1, 0.15) is 0 Å². The smallest absolute Gasteiger partial charge is 0.254 e. The molecule has 1 N–H and O–H groups in total. The van der Waals surface area contributed by atoms with E-state index in [0.29, 0.717) is 29.4 Å². The maximum Gasteiger partial charge on any atom is 0.254 e. The summed E-state index contributed by atoms with van der Waals surface area (Å²) in [6, 6.07) is 21.2. The Kier molecular flexibility index (Phi) is 9.32. The third kappa shape index (κ3) is 5.95. The summed E-state index contributed by atoms with van der Waals surface area (Å²) in [5, 5.41) is 3.38. The van der Waals surface area contributed by atoms with Crippen LogP contribution in [-0.4, -0.2) is 68.6 Å². The van der Waals surface area contributed by atoms with Crippen molar-refractivity contribution >= 4 is 11.8 Å². The minimum absolute atomic E-state index is 0.0644. The molecule has 3 aromatic rings. The van der Waals surface area contributed by atoms with Gasteiger partial charge in [-0.15, -0.1) is 0 Å². The Bertz CT molecular complexity index is 1360. The van der Waals surface area contributed by atoms with Crippen molar-refractivity contribution in [3.63, 3.8) is 0 Å². The molecule has 8 nitrogen and oxygen atoms in total. The standard InChI is InChI=1S/C34H41N3O5/c1-5-17-37-31(24-20-28(40-2)32(42-4)29(21-24)41-3)30(26-13-9-10-14-27(26)34(37)39)33(38)35-25-15-18-36(19-16-25)22-23-11-7-6-8-12-23/h6-14,20-21,25,30-31H,5,15-19,22H2,1-4H3,(H,35,38)/t30-,31+/m0/s1. The monoisotopic (exact) mass is 571 g/mol. The Hall–Kier alpha value is -4.04. The first-order valence-electron chi connectivity index (χ1n) is 14.8. The fourth-order valence-electron chi connectivity index (χ4n) is 6.37. The lowest BCUT2D eigenvalue weighted by Gasteiger charge is -2.42. The summed E-state index contributed by atoms with van der Waals surface area (Å²) in [6.45, 7) is 5.29. The van der Waals surface area contributed by atoms with Gasteiger partial charge in [-0.25, -0.2) is 0 Å². The van der Waals surface area contributed by atoms with Crippen LogP contribution in [0.15, 0.2) is 66.7 Å². The average Bonchev–Trinajstić information content (AvgIpc) is 3.02. The number of methoxy groups -OCH3 is 3. The highest BCUT2D eigenvalue weighted by Gasteiger charge is 2.45. The second kappa shape index (κ2) is 13.3. The van der Waals surface area contributed by atoms with Gasteiger partial charge in [0.15, 0.2) is 11.5 Å². The summed E-state index contributed by atoms with van der Waals surface area (Å²) in [5.74, 6) is 0.687. The molecular formula is C34H41N3O5. The molecule has 0 aliphatic carbocycles. The molecule has 2 aliphatic heterocycles. The molecule has 42 heavy (non-hydrogen) atoms. The van der Waals surface area contributed by atoms with Gasteiger partial charge in [0.25, 0.3) is 5.91 Å². The van der Waals surface area contributed by atoms with E-state index in [4.69, 9.17) is 14.2 Å². The van der Waals surface area contributed by atoms with Crippen LogP contribution in [0, 0.1) is 0 Å². The van der Waals surface area contributed by atoms with Gasteiger partial charge in [-0.2, -0.15) is 0 Å². The summed E-state index contributed by atoms with van der Waals surface area (Å²) in [6.07, 6.45) is 2.50. The average molecular weight is 572 g/mol. The number of nitrogens with one attached hydrogen (secondary N) is 1. The fourth-order valence-corrected chi connectivity index (χ4v) is 6.37. The van der Waals surface area contributed by atoms with Gasteiger partial charge in [0, 0.05) is 37.8 Å². The summed E-state index contributed by atoms with van der Waals surface area (Å²) in [7, 11) is 4.70. The van der Waals surface area contributed by atoms with Crippen LogP contribution in [0.25, 0.3) is 0 Å². The zero-order chi connectivity index (χ0) is 29.6. The van der Waals surface area contributed by atoms with E-state index >= 15 is 0 Å². The number of likely N-dealkylation sites (tertiary alicyclic amines) is 1. The normalized spacial score (nSPS) is 19.2. The van der Waals surface area contributed by atoms with Crippen molar-refractivity contribution in [1.29, 1.82) is 0 Å². The number of hydrogen-bond acceptors (Lipinski definition) is 6. The van der Waals surface area contributed by atoms with Gasteiger partial charge in [0.05, 0.1) is 33.3 Å². The van der Waals surface area contributed by atoms with E-state index in [0.717, 1.165) is 50.0 Å². The Morgan fingerprint density at radius 2 is 1.55 bits per heavy atom. The highest BCUT2D eigenvalue weighted by Crippen LogP contribution is 2.47. The first-order valence-corrected chi connectivity index (χ1v) is 14.8. The van der Waals surface area contributed by atoms with Gasteiger partial charge in [-0.1, -0.05) is 55.5 Å². The summed E-state index contributed by atoms with van der Waals surface area (Å²) >= 11 is 0. The van der Waals surface area contributed by atoms with Crippen LogP contribution in [0.4, 0.5) is 0 Å². The van der Waals surface area contributed by atoms with Crippen LogP contribution in [-0.2, 0) is 11.3 Å². The lowest BCUT2D eigenvalue weighted by Crippen LogP contribution is -2.51. The number of carbonyl (C=O) groups is 2. The lowest BCUT2D eigenvalue weighted by molar-refractivity contribution is -0.125. The van der Waals surface area contributed by atoms with Gasteiger partial charge in [-0.05, 0) is 54.2 Å². The third-order valence-electron chi connectivity index (χ3n) is 8.40. The highest BCUT2D eigenvalue weighted by molar-refractivity contribution is 6.01. The molecule has 0 spiro atoms. The Morgan fingerprint density at radius 1 is 0.905 bits per heavy atom. The van der Waals surface area contributed by atoms with Crippen molar-refractivity contribution in [3.8, 4) is 17.2 Å².